The second kappa shape index (κ2) is 9.79. The minimum absolute atomic E-state index is 0.0570. The van der Waals surface area contributed by atoms with E-state index >= 15 is 0 Å². The fourth-order valence-corrected chi connectivity index (χ4v) is 5.35. The summed E-state index contributed by atoms with van der Waals surface area (Å²) in [5.41, 5.74) is 1.38. The van der Waals surface area contributed by atoms with Crippen LogP contribution in [0.2, 0.25) is 5.02 Å². The molecular weight excluding hydrogens is 440 g/mol. The van der Waals surface area contributed by atoms with Crippen molar-refractivity contribution in [3.63, 3.8) is 0 Å². The van der Waals surface area contributed by atoms with E-state index in [1.54, 1.807) is 6.92 Å². The van der Waals surface area contributed by atoms with Crippen LogP contribution in [0.15, 0.2) is 71.6 Å². The molecule has 0 aliphatic carbocycles. The summed E-state index contributed by atoms with van der Waals surface area (Å²) in [4.78, 5) is -0.0570. The zero-order valence-corrected chi connectivity index (χ0v) is 18.9. The summed E-state index contributed by atoms with van der Waals surface area (Å²) in [6.45, 7) is 3.76. The third kappa shape index (κ3) is 5.08. The van der Waals surface area contributed by atoms with E-state index in [9.17, 15) is 17.2 Å². The predicted octanol–water partition coefficient (Wildman–Crippen LogP) is 6.92. The van der Waals surface area contributed by atoms with Gasteiger partial charge in [0.1, 0.15) is 11.6 Å². The summed E-state index contributed by atoms with van der Waals surface area (Å²) in [5.74, 6) is -1.55. The highest BCUT2D eigenvalue weighted by atomic mass is 35.5. The predicted molar refractivity (Wildman–Crippen MR) is 121 cm³/mol. The van der Waals surface area contributed by atoms with Crippen LogP contribution in [-0.2, 0) is 16.4 Å². The molecule has 0 aromatic heterocycles. The van der Waals surface area contributed by atoms with Crippen LogP contribution in [0, 0.1) is 11.6 Å². The molecule has 3 aromatic carbocycles. The second-order valence-corrected chi connectivity index (χ2v) is 9.58. The summed E-state index contributed by atoms with van der Waals surface area (Å²) < 4.78 is 57.1. The molecule has 3 rings (SSSR count). The Morgan fingerprint density at radius 2 is 1.68 bits per heavy atom. The Morgan fingerprint density at radius 3 is 2.35 bits per heavy atom. The number of unbranched alkanes of at least 4 members (excludes halogenated alkanes) is 1. The molecular formula is C24H24ClF2NO2S. The average Bonchev–Trinajstić information content (AvgIpc) is 2.75. The molecule has 0 aliphatic rings. The van der Waals surface area contributed by atoms with Gasteiger partial charge in [-0.15, -0.1) is 0 Å². The van der Waals surface area contributed by atoms with Crippen molar-refractivity contribution in [3.8, 4) is 0 Å². The Morgan fingerprint density at radius 1 is 1.00 bits per heavy atom. The van der Waals surface area contributed by atoms with Gasteiger partial charge in [-0.3, -0.25) is 4.31 Å². The van der Waals surface area contributed by atoms with Crippen LogP contribution >= 0.6 is 11.6 Å². The summed E-state index contributed by atoms with van der Waals surface area (Å²) in [5, 5.41) is 0.375. The summed E-state index contributed by atoms with van der Waals surface area (Å²) >= 11 is 5.91. The van der Waals surface area contributed by atoms with Gasteiger partial charge < -0.3 is 0 Å². The summed E-state index contributed by atoms with van der Waals surface area (Å²) in [7, 11) is -4.23. The van der Waals surface area contributed by atoms with Gasteiger partial charge in [0.2, 0.25) is 0 Å². The molecule has 3 aromatic rings. The SMILES string of the molecule is CCCCc1ccccc1[C@@H](C)N(c1cc(F)ccc1F)S(=O)(=O)c1ccc(Cl)cc1. The number of benzene rings is 3. The van der Waals surface area contributed by atoms with Crippen molar-refractivity contribution in [2.24, 2.45) is 0 Å². The fourth-order valence-electron chi connectivity index (χ4n) is 3.58. The Bertz CT molecular complexity index is 1150. The number of nitrogens with zero attached hydrogens (tertiary/aromatic N) is 1. The van der Waals surface area contributed by atoms with Gasteiger partial charge in [-0.1, -0.05) is 49.2 Å². The van der Waals surface area contributed by atoms with Crippen LogP contribution < -0.4 is 4.31 Å². The second-order valence-electron chi connectivity index (χ2n) is 7.33. The van der Waals surface area contributed by atoms with Gasteiger partial charge in [0.25, 0.3) is 10.0 Å². The lowest BCUT2D eigenvalue weighted by Crippen LogP contribution is -2.35. The van der Waals surface area contributed by atoms with E-state index in [1.165, 1.54) is 24.3 Å². The van der Waals surface area contributed by atoms with Crippen molar-refractivity contribution in [1.82, 2.24) is 0 Å². The highest BCUT2D eigenvalue weighted by Crippen LogP contribution is 2.37. The highest BCUT2D eigenvalue weighted by Gasteiger charge is 2.33. The molecule has 0 spiro atoms. The van der Waals surface area contributed by atoms with Crippen molar-refractivity contribution in [3.05, 3.63) is 94.5 Å². The van der Waals surface area contributed by atoms with E-state index in [1.807, 2.05) is 24.3 Å². The van der Waals surface area contributed by atoms with Crippen LogP contribution in [0.25, 0.3) is 0 Å². The summed E-state index contributed by atoms with van der Waals surface area (Å²) in [6.07, 6.45) is 2.67. The number of anilines is 1. The third-order valence-corrected chi connectivity index (χ3v) is 7.32. The summed E-state index contributed by atoms with van der Waals surface area (Å²) in [6, 6.07) is 15.1. The molecule has 0 bridgehead atoms. The Kier molecular flexibility index (Phi) is 7.34. The third-order valence-electron chi connectivity index (χ3n) is 5.17. The number of halogens is 3. The maximum atomic E-state index is 14.8. The van der Waals surface area contributed by atoms with Gasteiger partial charge >= 0.3 is 0 Å². The molecule has 0 fully saturated rings. The van der Waals surface area contributed by atoms with Crippen LogP contribution in [0.5, 0.6) is 0 Å². The molecule has 3 nitrogen and oxygen atoms in total. The van der Waals surface area contributed by atoms with Gasteiger partial charge in [-0.25, -0.2) is 17.2 Å². The fraction of sp³-hybridized carbons (Fsp3) is 0.250. The molecule has 7 heteroatoms. The molecule has 0 heterocycles. The lowest BCUT2D eigenvalue weighted by atomic mass is 9.97. The maximum absolute atomic E-state index is 14.8. The van der Waals surface area contributed by atoms with Crippen LogP contribution in [0.1, 0.15) is 43.9 Å². The zero-order valence-electron chi connectivity index (χ0n) is 17.4. The number of rotatable bonds is 8. The zero-order chi connectivity index (χ0) is 22.6. The van der Waals surface area contributed by atoms with E-state index in [0.717, 1.165) is 52.9 Å². The highest BCUT2D eigenvalue weighted by molar-refractivity contribution is 7.92. The van der Waals surface area contributed by atoms with E-state index in [0.29, 0.717) is 5.02 Å². The monoisotopic (exact) mass is 463 g/mol. The Hall–Kier alpha value is -2.44. The van der Waals surface area contributed by atoms with Crippen molar-refractivity contribution < 1.29 is 17.2 Å². The van der Waals surface area contributed by atoms with E-state index in [-0.39, 0.29) is 10.6 Å². The quantitative estimate of drug-likeness (QED) is 0.363. The first-order valence-electron chi connectivity index (χ1n) is 10.1. The van der Waals surface area contributed by atoms with Crippen molar-refractivity contribution in [1.29, 1.82) is 0 Å². The van der Waals surface area contributed by atoms with Gasteiger partial charge in [-0.2, -0.15) is 0 Å². The minimum atomic E-state index is -4.23. The van der Waals surface area contributed by atoms with Crippen molar-refractivity contribution in [2.75, 3.05) is 4.31 Å². The van der Waals surface area contributed by atoms with Gasteiger partial charge in [0.15, 0.2) is 0 Å². The van der Waals surface area contributed by atoms with Gasteiger partial charge in [0.05, 0.1) is 16.6 Å². The molecule has 31 heavy (non-hydrogen) atoms. The first-order chi connectivity index (χ1) is 14.8. The van der Waals surface area contributed by atoms with E-state index < -0.39 is 27.7 Å². The largest absolute Gasteiger partial charge is 0.264 e. The molecule has 0 N–H and O–H groups in total. The van der Waals surface area contributed by atoms with E-state index in [4.69, 9.17) is 11.6 Å². The van der Waals surface area contributed by atoms with Crippen LogP contribution in [0.3, 0.4) is 0 Å². The molecule has 0 saturated carbocycles. The van der Waals surface area contributed by atoms with E-state index in [2.05, 4.69) is 6.92 Å². The molecule has 0 radical (unpaired) electrons. The molecule has 0 saturated heterocycles. The lowest BCUT2D eigenvalue weighted by Gasteiger charge is -2.32. The number of sulfonamides is 1. The molecule has 164 valence electrons. The molecule has 0 aliphatic heterocycles. The minimum Gasteiger partial charge on any atom is -0.256 e. The average molecular weight is 464 g/mol. The van der Waals surface area contributed by atoms with Crippen LogP contribution in [0.4, 0.5) is 14.5 Å². The Balaban J connectivity index is 2.20. The molecule has 0 unspecified atom stereocenters. The number of hydrogen-bond acceptors (Lipinski definition) is 2. The van der Waals surface area contributed by atoms with Crippen molar-refractivity contribution in [2.45, 2.75) is 44.0 Å². The first-order valence-corrected chi connectivity index (χ1v) is 11.9. The Labute approximate surface area is 187 Å². The normalized spacial score (nSPS) is 12.5. The van der Waals surface area contributed by atoms with Gasteiger partial charge in [0, 0.05) is 11.1 Å². The first kappa shape index (κ1) is 23.2. The smallest absolute Gasteiger partial charge is 0.256 e. The number of aryl methyl sites for hydroxylation is 1. The number of hydrogen-bond donors (Lipinski definition) is 0. The van der Waals surface area contributed by atoms with Crippen LogP contribution in [-0.4, -0.2) is 8.42 Å². The van der Waals surface area contributed by atoms with Gasteiger partial charge in [-0.05, 0) is 67.3 Å². The lowest BCUT2D eigenvalue weighted by molar-refractivity contribution is 0.569. The van der Waals surface area contributed by atoms with Crippen molar-refractivity contribution >= 4 is 27.3 Å². The molecule has 0 amide bonds. The maximum Gasteiger partial charge on any atom is 0.264 e. The standard InChI is InChI=1S/C24H24ClF2NO2S/c1-3-4-7-18-8-5-6-9-22(18)17(2)28(24-16-20(26)12-15-23(24)27)31(29,30)21-13-10-19(25)11-14-21/h5-6,8-17H,3-4,7H2,1-2H3/t17-/m1/s1. The molecule has 1 atom stereocenters. The topological polar surface area (TPSA) is 37.4 Å².